The molecule has 0 radical (unpaired) electrons. The number of carbonyl (C=O) groups excluding carboxylic acids is 4. The molecule has 3 aliphatic heterocycles. The highest BCUT2D eigenvalue weighted by atomic mass is 16.2. The molecule has 0 bridgehead atoms. The minimum Gasteiger partial charge on any atom is -0.312 e. The zero-order chi connectivity index (χ0) is 21.4. The van der Waals surface area contributed by atoms with Crippen LogP contribution in [-0.2, 0) is 16.1 Å². The molecule has 2 saturated heterocycles. The van der Waals surface area contributed by atoms with Crippen LogP contribution in [0.4, 0.5) is 0 Å². The minimum atomic E-state index is -0.925. The highest BCUT2D eigenvalue weighted by Crippen LogP contribution is 2.29. The van der Waals surface area contributed by atoms with Gasteiger partial charge in [0.15, 0.2) is 0 Å². The highest BCUT2D eigenvalue weighted by molar-refractivity contribution is 6.23. The van der Waals surface area contributed by atoms with Crippen molar-refractivity contribution in [2.24, 2.45) is 0 Å². The topological polar surface area (TPSA) is 98.8 Å². The van der Waals surface area contributed by atoms with Crippen LogP contribution in [0.1, 0.15) is 65.8 Å². The largest absolute Gasteiger partial charge is 0.312 e. The van der Waals surface area contributed by atoms with Crippen molar-refractivity contribution in [3.8, 4) is 0 Å². The Kier molecular flexibility index (Phi) is 5.71. The number of rotatable bonds is 5. The molecule has 160 valence electrons. The van der Waals surface area contributed by atoms with E-state index in [2.05, 4.69) is 29.4 Å². The summed E-state index contributed by atoms with van der Waals surface area (Å²) in [6.07, 6.45) is 2.46. The second-order valence-electron chi connectivity index (χ2n) is 8.70. The van der Waals surface area contributed by atoms with Crippen molar-refractivity contribution in [2.45, 2.75) is 64.2 Å². The van der Waals surface area contributed by atoms with Crippen molar-refractivity contribution in [1.29, 1.82) is 0 Å². The fourth-order valence-electron chi connectivity index (χ4n) is 4.60. The average molecular weight is 412 g/mol. The summed E-state index contributed by atoms with van der Waals surface area (Å²) in [6.45, 7) is 7.01. The van der Waals surface area contributed by atoms with E-state index >= 15 is 0 Å². The van der Waals surface area contributed by atoms with E-state index in [1.807, 2.05) is 6.07 Å². The summed E-state index contributed by atoms with van der Waals surface area (Å²) in [5, 5.41) is 5.80. The predicted octanol–water partition coefficient (Wildman–Crippen LogP) is 1.05. The maximum absolute atomic E-state index is 12.9. The SMILES string of the molecule is CC(C)NC1CCN(Cc2ccc3c(c2)C(=O)N(C2CCC(=O)NC2=O)C3=O)CC1. The van der Waals surface area contributed by atoms with Crippen LogP contribution >= 0.6 is 0 Å². The summed E-state index contributed by atoms with van der Waals surface area (Å²) < 4.78 is 0. The summed E-state index contributed by atoms with van der Waals surface area (Å²) in [5.74, 6) is -1.87. The van der Waals surface area contributed by atoms with Crippen LogP contribution in [0.3, 0.4) is 0 Å². The van der Waals surface area contributed by atoms with Crippen LogP contribution in [0.15, 0.2) is 18.2 Å². The Hall–Kier alpha value is -2.58. The number of likely N-dealkylation sites (tertiary alicyclic amines) is 1. The van der Waals surface area contributed by atoms with Crippen molar-refractivity contribution in [2.75, 3.05) is 13.1 Å². The van der Waals surface area contributed by atoms with Crippen molar-refractivity contribution in [1.82, 2.24) is 20.4 Å². The van der Waals surface area contributed by atoms with E-state index in [4.69, 9.17) is 0 Å². The van der Waals surface area contributed by atoms with Crippen LogP contribution in [0.2, 0.25) is 0 Å². The summed E-state index contributed by atoms with van der Waals surface area (Å²) in [5.41, 5.74) is 1.65. The second kappa shape index (κ2) is 8.28. The Balaban J connectivity index is 1.44. The molecule has 1 aromatic carbocycles. The number of carbonyl (C=O) groups is 4. The first-order valence-corrected chi connectivity index (χ1v) is 10.7. The quantitative estimate of drug-likeness (QED) is 0.702. The maximum Gasteiger partial charge on any atom is 0.262 e. The number of hydrogen-bond acceptors (Lipinski definition) is 6. The number of nitrogens with one attached hydrogen (secondary N) is 2. The molecule has 2 fully saturated rings. The first-order chi connectivity index (χ1) is 14.3. The zero-order valence-electron chi connectivity index (χ0n) is 17.4. The lowest BCUT2D eigenvalue weighted by Crippen LogP contribution is -2.54. The number of piperidine rings is 2. The third-order valence-corrected chi connectivity index (χ3v) is 6.07. The predicted molar refractivity (Wildman–Crippen MR) is 110 cm³/mol. The molecule has 1 unspecified atom stereocenters. The Bertz CT molecular complexity index is 889. The lowest BCUT2D eigenvalue weighted by molar-refractivity contribution is -0.136. The molecule has 0 saturated carbocycles. The smallest absolute Gasteiger partial charge is 0.262 e. The molecule has 8 nitrogen and oxygen atoms in total. The lowest BCUT2D eigenvalue weighted by Gasteiger charge is -2.33. The molecule has 3 heterocycles. The molecule has 1 atom stereocenters. The molecule has 0 aliphatic carbocycles. The minimum absolute atomic E-state index is 0.122. The van der Waals surface area contributed by atoms with E-state index in [1.54, 1.807) is 12.1 Å². The zero-order valence-corrected chi connectivity index (χ0v) is 17.4. The van der Waals surface area contributed by atoms with Gasteiger partial charge in [-0.15, -0.1) is 0 Å². The molecular formula is C22H28N4O4. The van der Waals surface area contributed by atoms with Crippen LogP contribution in [0.5, 0.6) is 0 Å². The summed E-state index contributed by atoms with van der Waals surface area (Å²) in [6, 6.07) is 5.45. The number of amides is 4. The number of hydrogen-bond donors (Lipinski definition) is 2. The fraction of sp³-hybridized carbons (Fsp3) is 0.545. The van der Waals surface area contributed by atoms with Gasteiger partial charge in [-0.2, -0.15) is 0 Å². The van der Waals surface area contributed by atoms with E-state index in [0.717, 1.165) is 42.9 Å². The van der Waals surface area contributed by atoms with Crippen molar-refractivity contribution >= 4 is 23.6 Å². The molecule has 3 aliphatic rings. The molecule has 1 aromatic rings. The number of imide groups is 2. The van der Waals surface area contributed by atoms with Crippen molar-refractivity contribution < 1.29 is 19.2 Å². The molecule has 2 N–H and O–H groups in total. The third kappa shape index (κ3) is 4.02. The lowest BCUT2D eigenvalue weighted by atomic mass is 10.0. The average Bonchev–Trinajstić information content (AvgIpc) is 2.94. The third-order valence-electron chi connectivity index (χ3n) is 6.07. The molecular weight excluding hydrogens is 384 g/mol. The van der Waals surface area contributed by atoms with E-state index in [-0.39, 0.29) is 18.7 Å². The van der Waals surface area contributed by atoms with Gasteiger partial charge in [0.2, 0.25) is 11.8 Å². The second-order valence-corrected chi connectivity index (χ2v) is 8.70. The van der Waals surface area contributed by atoms with Gasteiger partial charge in [-0.25, -0.2) is 0 Å². The van der Waals surface area contributed by atoms with Crippen molar-refractivity contribution in [3.05, 3.63) is 34.9 Å². The van der Waals surface area contributed by atoms with Gasteiger partial charge in [-0.3, -0.25) is 34.3 Å². The Morgan fingerprint density at radius 2 is 1.73 bits per heavy atom. The molecule has 4 amide bonds. The normalized spacial score (nSPS) is 23.3. The first-order valence-electron chi connectivity index (χ1n) is 10.7. The van der Waals surface area contributed by atoms with E-state index in [9.17, 15) is 19.2 Å². The first kappa shape index (κ1) is 20.7. The Labute approximate surface area is 176 Å². The van der Waals surface area contributed by atoms with Crippen LogP contribution in [0, 0.1) is 0 Å². The molecule has 4 rings (SSSR count). The maximum atomic E-state index is 12.9. The van der Waals surface area contributed by atoms with Gasteiger partial charge < -0.3 is 5.32 Å². The number of nitrogens with zero attached hydrogens (tertiary/aromatic N) is 2. The van der Waals surface area contributed by atoms with E-state index in [1.165, 1.54) is 0 Å². The fourth-order valence-corrected chi connectivity index (χ4v) is 4.60. The molecule has 0 aromatic heterocycles. The Morgan fingerprint density at radius 3 is 2.40 bits per heavy atom. The van der Waals surface area contributed by atoms with Gasteiger partial charge in [-0.05, 0) is 50.0 Å². The molecule has 8 heteroatoms. The summed E-state index contributed by atoms with van der Waals surface area (Å²) >= 11 is 0. The highest BCUT2D eigenvalue weighted by Gasteiger charge is 2.44. The number of fused-ring (bicyclic) bond motifs is 1. The molecule has 0 spiro atoms. The van der Waals surface area contributed by atoms with Crippen LogP contribution in [0.25, 0.3) is 0 Å². The summed E-state index contributed by atoms with van der Waals surface area (Å²) in [4.78, 5) is 52.7. The van der Waals surface area contributed by atoms with Crippen molar-refractivity contribution in [3.63, 3.8) is 0 Å². The van der Waals surface area contributed by atoms with E-state index in [0.29, 0.717) is 23.2 Å². The van der Waals surface area contributed by atoms with Gasteiger partial charge in [0, 0.05) is 25.0 Å². The molecule has 30 heavy (non-hydrogen) atoms. The summed E-state index contributed by atoms with van der Waals surface area (Å²) in [7, 11) is 0. The van der Waals surface area contributed by atoms with Gasteiger partial charge >= 0.3 is 0 Å². The number of benzene rings is 1. The van der Waals surface area contributed by atoms with Gasteiger partial charge in [0.05, 0.1) is 11.1 Å². The standard InChI is InChI=1S/C22H28N4O4/c1-13(2)23-15-7-9-25(10-8-15)12-14-3-4-16-17(11-14)22(30)26(21(16)29)18-5-6-19(27)24-20(18)28/h3-4,11,13,15,18,23H,5-10,12H2,1-2H3,(H,24,27,28). The van der Waals surface area contributed by atoms with Crippen LogP contribution in [-0.4, -0.2) is 64.6 Å². The van der Waals surface area contributed by atoms with Crippen LogP contribution < -0.4 is 10.6 Å². The van der Waals surface area contributed by atoms with Gasteiger partial charge in [-0.1, -0.05) is 19.9 Å². The Morgan fingerprint density at radius 1 is 1.03 bits per heavy atom. The van der Waals surface area contributed by atoms with Gasteiger partial charge in [0.1, 0.15) is 6.04 Å². The van der Waals surface area contributed by atoms with E-state index < -0.39 is 23.8 Å². The van der Waals surface area contributed by atoms with Gasteiger partial charge in [0.25, 0.3) is 11.8 Å². The monoisotopic (exact) mass is 412 g/mol.